The summed E-state index contributed by atoms with van der Waals surface area (Å²) in [5, 5.41) is 16.9. The lowest BCUT2D eigenvalue weighted by Gasteiger charge is -2.34. The van der Waals surface area contributed by atoms with Gasteiger partial charge in [-0.2, -0.15) is 0 Å². The lowest BCUT2D eigenvalue weighted by atomic mass is 9.70. The first-order valence-corrected chi connectivity index (χ1v) is 4.03. The summed E-state index contributed by atoms with van der Waals surface area (Å²) in [5.74, 6) is -1.46. The van der Waals surface area contributed by atoms with Crippen LogP contribution in [0.15, 0.2) is 0 Å². The van der Waals surface area contributed by atoms with Crippen molar-refractivity contribution < 1.29 is 19.8 Å². The smallest absolute Gasteiger partial charge is 0.303 e. The second kappa shape index (κ2) is 3.56. The van der Waals surface area contributed by atoms with Crippen LogP contribution in [0.1, 0.15) is 25.7 Å². The number of aliphatic carboxylic acids is 2. The molecule has 0 heterocycles. The predicted octanol–water partition coefficient (Wildman–Crippen LogP) is 0.962. The summed E-state index contributed by atoms with van der Waals surface area (Å²) in [6.07, 6.45) is 1.98. The van der Waals surface area contributed by atoms with Gasteiger partial charge < -0.3 is 10.2 Å². The molecule has 68 valence electrons. The average Bonchev–Trinajstić information content (AvgIpc) is 1.93. The van der Waals surface area contributed by atoms with Crippen LogP contribution in [0.5, 0.6) is 0 Å². The summed E-state index contributed by atoms with van der Waals surface area (Å²) < 4.78 is 0. The normalized spacial score (nSPS) is 27.7. The summed E-state index contributed by atoms with van der Waals surface area (Å²) in [6, 6.07) is 0. The van der Waals surface area contributed by atoms with Crippen molar-refractivity contribution in [2.45, 2.75) is 25.7 Å². The molecule has 0 aromatic heterocycles. The van der Waals surface area contributed by atoms with E-state index in [1.165, 1.54) is 0 Å². The van der Waals surface area contributed by atoms with Crippen molar-refractivity contribution in [3.05, 3.63) is 0 Å². The molecule has 1 saturated carbocycles. The van der Waals surface area contributed by atoms with Gasteiger partial charge in [-0.15, -0.1) is 0 Å². The second-order valence-corrected chi connectivity index (χ2v) is 3.29. The molecule has 1 fully saturated rings. The van der Waals surface area contributed by atoms with Crippen LogP contribution in [0.3, 0.4) is 0 Å². The van der Waals surface area contributed by atoms with Crippen molar-refractivity contribution in [1.82, 2.24) is 0 Å². The van der Waals surface area contributed by atoms with Crippen LogP contribution in [0.2, 0.25) is 0 Å². The molecule has 1 aliphatic rings. The standard InChI is InChI=1S/C8H12O4/c9-7(10)3-5-1-2-6(5)4-8(11)12/h5-6H,1-4H2,(H,9,10)(H,11,12)/t5-,6+. The van der Waals surface area contributed by atoms with Crippen LogP contribution in [0, 0.1) is 11.8 Å². The Kier molecular flexibility index (Phi) is 2.68. The highest BCUT2D eigenvalue weighted by Crippen LogP contribution is 2.38. The van der Waals surface area contributed by atoms with E-state index in [0.717, 1.165) is 12.8 Å². The monoisotopic (exact) mass is 172 g/mol. The maximum atomic E-state index is 10.3. The molecule has 0 aliphatic heterocycles. The largest absolute Gasteiger partial charge is 0.481 e. The van der Waals surface area contributed by atoms with Gasteiger partial charge in [0, 0.05) is 12.8 Å². The lowest BCUT2D eigenvalue weighted by Crippen LogP contribution is -2.29. The van der Waals surface area contributed by atoms with Crippen LogP contribution in [0.25, 0.3) is 0 Å². The number of carbonyl (C=O) groups is 2. The van der Waals surface area contributed by atoms with E-state index in [1.54, 1.807) is 0 Å². The molecular weight excluding hydrogens is 160 g/mol. The van der Waals surface area contributed by atoms with E-state index in [2.05, 4.69) is 0 Å². The Hall–Kier alpha value is -1.06. The van der Waals surface area contributed by atoms with Gasteiger partial charge in [-0.05, 0) is 24.7 Å². The Balaban J connectivity index is 2.29. The lowest BCUT2D eigenvalue weighted by molar-refractivity contribution is -0.143. The van der Waals surface area contributed by atoms with E-state index in [4.69, 9.17) is 10.2 Å². The summed E-state index contributed by atoms with van der Waals surface area (Å²) in [4.78, 5) is 20.6. The molecule has 1 aliphatic carbocycles. The molecule has 2 N–H and O–H groups in total. The fourth-order valence-corrected chi connectivity index (χ4v) is 1.62. The van der Waals surface area contributed by atoms with Crippen molar-refractivity contribution >= 4 is 11.9 Å². The quantitative estimate of drug-likeness (QED) is 0.662. The Morgan fingerprint density at radius 3 is 1.50 bits per heavy atom. The highest BCUT2D eigenvalue weighted by Gasteiger charge is 2.33. The van der Waals surface area contributed by atoms with Gasteiger partial charge in [-0.3, -0.25) is 9.59 Å². The molecule has 0 aromatic rings. The fraction of sp³-hybridized carbons (Fsp3) is 0.750. The van der Waals surface area contributed by atoms with Gasteiger partial charge in [-0.1, -0.05) is 0 Å². The van der Waals surface area contributed by atoms with E-state index in [1.807, 2.05) is 0 Å². The first-order valence-electron chi connectivity index (χ1n) is 4.03. The molecular formula is C8H12O4. The maximum absolute atomic E-state index is 10.3. The van der Waals surface area contributed by atoms with Gasteiger partial charge in [-0.25, -0.2) is 0 Å². The van der Waals surface area contributed by atoms with Gasteiger partial charge in [0.1, 0.15) is 0 Å². The van der Waals surface area contributed by atoms with Gasteiger partial charge >= 0.3 is 11.9 Å². The van der Waals surface area contributed by atoms with Crippen LogP contribution in [-0.4, -0.2) is 22.2 Å². The average molecular weight is 172 g/mol. The minimum absolute atomic E-state index is 0.0959. The third-order valence-electron chi connectivity index (χ3n) is 2.45. The summed E-state index contributed by atoms with van der Waals surface area (Å²) in [7, 11) is 0. The minimum atomic E-state index is -0.824. The Morgan fingerprint density at radius 1 is 1.00 bits per heavy atom. The number of carboxylic acid groups (broad SMARTS) is 2. The van der Waals surface area contributed by atoms with Crippen molar-refractivity contribution in [1.29, 1.82) is 0 Å². The number of hydrogen-bond acceptors (Lipinski definition) is 2. The molecule has 0 saturated heterocycles. The summed E-state index contributed by atoms with van der Waals surface area (Å²) in [6.45, 7) is 0. The van der Waals surface area contributed by atoms with Crippen molar-refractivity contribution in [2.75, 3.05) is 0 Å². The minimum Gasteiger partial charge on any atom is -0.481 e. The topological polar surface area (TPSA) is 74.6 Å². The van der Waals surface area contributed by atoms with Gasteiger partial charge in [0.25, 0.3) is 0 Å². The first-order chi connectivity index (χ1) is 5.59. The molecule has 0 radical (unpaired) electrons. The molecule has 1 rings (SSSR count). The van der Waals surface area contributed by atoms with Crippen LogP contribution in [-0.2, 0) is 9.59 Å². The Morgan fingerprint density at radius 2 is 1.33 bits per heavy atom. The zero-order valence-electron chi connectivity index (χ0n) is 6.69. The van der Waals surface area contributed by atoms with E-state index in [-0.39, 0.29) is 24.7 Å². The van der Waals surface area contributed by atoms with Crippen molar-refractivity contribution in [3.8, 4) is 0 Å². The van der Waals surface area contributed by atoms with Gasteiger partial charge in [0.2, 0.25) is 0 Å². The zero-order valence-corrected chi connectivity index (χ0v) is 6.69. The summed E-state index contributed by atoms with van der Waals surface area (Å²) >= 11 is 0. The zero-order chi connectivity index (χ0) is 9.14. The van der Waals surface area contributed by atoms with Gasteiger partial charge in [0.05, 0.1) is 0 Å². The molecule has 2 atom stereocenters. The molecule has 4 heteroatoms. The van der Waals surface area contributed by atoms with E-state index >= 15 is 0 Å². The molecule has 12 heavy (non-hydrogen) atoms. The first kappa shape index (κ1) is 9.03. The van der Waals surface area contributed by atoms with E-state index in [9.17, 15) is 9.59 Å². The SMILES string of the molecule is O=C(O)C[C@H]1CC[C@H]1CC(=O)O. The van der Waals surface area contributed by atoms with Crippen molar-refractivity contribution in [3.63, 3.8) is 0 Å². The fourth-order valence-electron chi connectivity index (χ4n) is 1.62. The molecule has 0 bridgehead atoms. The van der Waals surface area contributed by atoms with E-state index in [0.29, 0.717) is 0 Å². The molecule has 4 nitrogen and oxygen atoms in total. The van der Waals surface area contributed by atoms with Crippen LogP contribution < -0.4 is 0 Å². The van der Waals surface area contributed by atoms with Crippen LogP contribution >= 0.6 is 0 Å². The van der Waals surface area contributed by atoms with Gasteiger partial charge in [0.15, 0.2) is 0 Å². The Bertz CT molecular complexity index is 177. The number of rotatable bonds is 4. The molecule has 0 amide bonds. The predicted molar refractivity (Wildman–Crippen MR) is 40.7 cm³/mol. The Labute approximate surface area is 70.2 Å². The highest BCUT2D eigenvalue weighted by atomic mass is 16.4. The second-order valence-electron chi connectivity index (χ2n) is 3.29. The van der Waals surface area contributed by atoms with Crippen molar-refractivity contribution in [2.24, 2.45) is 11.8 Å². The third-order valence-corrected chi connectivity index (χ3v) is 2.45. The molecule has 0 spiro atoms. The highest BCUT2D eigenvalue weighted by molar-refractivity contribution is 5.69. The number of carboxylic acids is 2. The molecule has 0 unspecified atom stereocenters. The third kappa shape index (κ3) is 2.22. The maximum Gasteiger partial charge on any atom is 0.303 e. The number of hydrogen-bond donors (Lipinski definition) is 2. The van der Waals surface area contributed by atoms with E-state index < -0.39 is 11.9 Å². The summed E-state index contributed by atoms with van der Waals surface area (Å²) in [5.41, 5.74) is 0. The molecule has 0 aromatic carbocycles. The van der Waals surface area contributed by atoms with Crippen LogP contribution in [0.4, 0.5) is 0 Å².